The van der Waals surface area contributed by atoms with Crippen molar-refractivity contribution in [2.75, 3.05) is 32.8 Å². The molecule has 1 fully saturated rings. The van der Waals surface area contributed by atoms with E-state index in [0.717, 1.165) is 6.07 Å². The molecule has 0 saturated carbocycles. The SMILES string of the molecule is O=S(=O)(NCC(c1cccc(F)c1)N1CCOCC1)c1cc(Br)ccc1F. The second-order valence-corrected chi connectivity index (χ2v) is 8.80. The summed E-state index contributed by atoms with van der Waals surface area (Å²) in [5.41, 5.74) is 0.648. The molecule has 0 radical (unpaired) electrons. The third-order valence-electron chi connectivity index (χ3n) is 4.37. The highest BCUT2D eigenvalue weighted by atomic mass is 79.9. The summed E-state index contributed by atoms with van der Waals surface area (Å²) in [5, 5.41) is 0. The van der Waals surface area contributed by atoms with Gasteiger partial charge in [0.05, 0.1) is 13.2 Å². The Hall–Kier alpha value is -1.39. The topological polar surface area (TPSA) is 58.6 Å². The van der Waals surface area contributed by atoms with Crippen LogP contribution in [0.25, 0.3) is 0 Å². The van der Waals surface area contributed by atoms with Gasteiger partial charge in [0.2, 0.25) is 10.0 Å². The van der Waals surface area contributed by atoms with Gasteiger partial charge in [-0.1, -0.05) is 28.1 Å². The number of morpholine rings is 1. The van der Waals surface area contributed by atoms with Crippen molar-refractivity contribution in [3.05, 3.63) is 64.1 Å². The Morgan fingerprint density at radius 3 is 2.59 bits per heavy atom. The van der Waals surface area contributed by atoms with Crippen molar-refractivity contribution >= 4 is 26.0 Å². The predicted molar refractivity (Wildman–Crippen MR) is 101 cm³/mol. The van der Waals surface area contributed by atoms with Crippen LogP contribution in [0.1, 0.15) is 11.6 Å². The lowest BCUT2D eigenvalue weighted by molar-refractivity contribution is 0.0171. The van der Waals surface area contributed by atoms with E-state index in [1.165, 1.54) is 24.3 Å². The zero-order valence-electron chi connectivity index (χ0n) is 14.4. The first kappa shape index (κ1) is 20.3. The number of halogens is 3. The Morgan fingerprint density at radius 1 is 1.15 bits per heavy atom. The molecular weight excluding hydrogens is 442 g/mol. The minimum atomic E-state index is -4.07. The first-order chi connectivity index (χ1) is 12.9. The van der Waals surface area contributed by atoms with Gasteiger partial charge in [0, 0.05) is 30.1 Å². The number of hydrogen-bond acceptors (Lipinski definition) is 4. The molecule has 146 valence electrons. The lowest BCUT2D eigenvalue weighted by Crippen LogP contribution is -2.43. The van der Waals surface area contributed by atoms with Crippen molar-refractivity contribution < 1.29 is 21.9 Å². The zero-order valence-corrected chi connectivity index (χ0v) is 16.8. The van der Waals surface area contributed by atoms with Crippen LogP contribution in [0.2, 0.25) is 0 Å². The van der Waals surface area contributed by atoms with Gasteiger partial charge in [-0.2, -0.15) is 0 Å². The predicted octanol–water partition coefficient (Wildman–Crippen LogP) is 3.08. The molecule has 1 aliphatic rings. The fourth-order valence-corrected chi connectivity index (χ4v) is 4.66. The van der Waals surface area contributed by atoms with E-state index in [-0.39, 0.29) is 6.54 Å². The van der Waals surface area contributed by atoms with Gasteiger partial charge in [-0.15, -0.1) is 0 Å². The summed E-state index contributed by atoms with van der Waals surface area (Å²) in [4.78, 5) is 1.59. The maximum Gasteiger partial charge on any atom is 0.243 e. The highest BCUT2D eigenvalue weighted by molar-refractivity contribution is 9.10. The number of rotatable bonds is 6. The molecule has 2 aromatic rings. The van der Waals surface area contributed by atoms with E-state index in [1.54, 1.807) is 12.1 Å². The molecule has 0 spiro atoms. The summed E-state index contributed by atoms with van der Waals surface area (Å²) in [6, 6.07) is 9.38. The van der Waals surface area contributed by atoms with Gasteiger partial charge in [0.15, 0.2) is 0 Å². The Morgan fingerprint density at radius 2 is 1.89 bits per heavy atom. The van der Waals surface area contributed by atoms with Gasteiger partial charge in [0.1, 0.15) is 16.5 Å². The second-order valence-electron chi connectivity index (χ2n) is 6.15. The van der Waals surface area contributed by atoms with Crippen molar-refractivity contribution in [2.24, 2.45) is 0 Å². The summed E-state index contributed by atoms with van der Waals surface area (Å²) < 4.78 is 61.2. The van der Waals surface area contributed by atoms with E-state index in [2.05, 4.69) is 20.7 Å². The number of ether oxygens (including phenoxy) is 1. The van der Waals surface area contributed by atoms with Crippen LogP contribution in [0.5, 0.6) is 0 Å². The van der Waals surface area contributed by atoms with Crippen LogP contribution in [0.15, 0.2) is 51.8 Å². The molecule has 2 aromatic carbocycles. The van der Waals surface area contributed by atoms with Gasteiger partial charge in [0.25, 0.3) is 0 Å². The van der Waals surface area contributed by atoms with Crippen LogP contribution in [-0.4, -0.2) is 46.2 Å². The highest BCUT2D eigenvalue weighted by Crippen LogP contribution is 2.24. The molecule has 1 saturated heterocycles. The third kappa shape index (κ3) is 5.11. The van der Waals surface area contributed by atoms with Crippen molar-refractivity contribution in [1.29, 1.82) is 0 Å². The summed E-state index contributed by atoms with van der Waals surface area (Å²) in [6.45, 7) is 2.19. The Balaban J connectivity index is 1.84. The molecule has 0 aromatic heterocycles. The number of sulfonamides is 1. The average Bonchev–Trinajstić information content (AvgIpc) is 2.65. The van der Waals surface area contributed by atoms with Gasteiger partial charge in [-0.3, -0.25) is 4.90 Å². The molecule has 1 unspecified atom stereocenters. The van der Waals surface area contributed by atoms with Crippen LogP contribution in [0.4, 0.5) is 8.78 Å². The minimum Gasteiger partial charge on any atom is -0.379 e. The van der Waals surface area contributed by atoms with E-state index in [9.17, 15) is 17.2 Å². The third-order valence-corrected chi connectivity index (χ3v) is 6.30. The van der Waals surface area contributed by atoms with E-state index < -0.39 is 32.6 Å². The van der Waals surface area contributed by atoms with Crippen LogP contribution in [0, 0.1) is 11.6 Å². The molecule has 0 bridgehead atoms. The molecule has 1 aliphatic heterocycles. The summed E-state index contributed by atoms with van der Waals surface area (Å²) in [7, 11) is -4.07. The summed E-state index contributed by atoms with van der Waals surface area (Å²) in [5.74, 6) is -1.23. The fraction of sp³-hybridized carbons (Fsp3) is 0.333. The van der Waals surface area contributed by atoms with E-state index in [0.29, 0.717) is 36.3 Å². The molecule has 1 heterocycles. The lowest BCUT2D eigenvalue weighted by atomic mass is 10.0. The molecule has 1 N–H and O–H groups in total. The largest absolute Gasteiger partial charge is 0.379 e. The van der Waals surface area contributed by atoms with Gasteiger partial charge in [-0.05, 0) is 35.9 Å². The maximum absolute atomic E-state index is 14.0. The monoisotopic (exact) mass is 460 g/mol. The molecule has 1 atom stereocenters. The minimum absolute atomic E-state index is 0.0161. The smallest absolute Gasteiger partial charge is 0.243 e. The van der Waals surface area contributed by atoms with E-state index >= 15 is 0 Å². The normalized spacial score (nSPS) is 17.0. The molecule has 5 nitrogen and oxygen atoms in total. The zero-order chi connectivity index (χ0) is 19.4. The number of nitrogens with one attached hydrogen (secondary N) is 1. The van der Waals surface area contributed by atoms with E-state index in [4.69, 9.17) is 4.74 Å². The standard InChI is InChI=1S/C18H19BrF2N2O3S/c19-14-4-5-16(21)18(11-14)27(24,25)22-12-17(23-6-8-26-9-7-23)13-2-1-3-15(20)10-13/h1-5,10-11,17,22H,6-9,12H2. The first-order valence-electron chi connectivity index (χ1n) is 8.39. The molecule has 3 rings (SSSR count). The van der Waals surface area contributed by atoms with Crippen LogP contribution in [-0.2, 0) is 14.8 Å². The molecular formula is C18H19BrF2N2O3S. The molecule has 9 heteroatoms. The number of benzene rings is 2. The van der Waals surface area contributed by atoms with Crippen LogP contribution >= 0.6 is 15.9 Å². The summed E-state index contributed by atoms with van der Waals surface area (Å²) >= 11 is 3.15. The molecule has 27 heavy (non-hydrogen) atoms. The average molecular weight is 461 g/mol. The summed E-state index contributed by atoms with van der Waals surface area (Å²) in [6.07, 6.45) is 0. The Kier molecular flexibility index (Phi) is 6.59. The van der Waals surface area contributed by atoms with Crippen LogP contribution < -0.4 is 4.72 Å². The fourth-order valence-electron chi connectivity index (χ4n) is 3.01. The number of nitrogens with zero attached hydrogens (tertiary/aromatic N) is 1. The lowest BCUT2D eigenvalue weighted by Gasteiger charge is -2.34. The Bertz CT molecular complexity index is 905. The van der Waals surface area contributed by atoms with Gasteiger partial charge in [-0.25, -0.2) is 21.9 Å². The van der Waals surface area contributed by atoms with E-state index in [1.807, 2.05) is 4.90 Å². The van der Waals surface area contributed by atoms with Crippen LogP contribution in [0.3, 0.4) is 0 Å². The van der Waals surface area contributed by atoms with Gasteiger partial charge >= 0.3 is 0 Å². The van der Waals surface area contributed by atoms with Crippen molar-refractivity contribution in [3.8, 4) is 0 Å². The number of hydrogen-bond donors (Lipinski definition) is 1. The van der Waals surface area contributed by atoms with Gasteiger partial charge < -0.3 is 4.74 Å². The van der Waals surface area contributed by atoms with Crippen molar-refractivity contribution in [2.45, 2.75) is 10.9 Å². The quantitative estimate of drug-likeness (QED) is 0.719. The van der Waals surface area contributed by atoms with Crippen molar-refractivity contribution in [3.63, 3.8) is 0 Å². The maximum atomic E-state index is 14.0. The van der Waals surface area contributed by atoms with Crippen molar-refractivity contribution in [1.82, 2.24) is 9.62 Å². The highest BCUT2D eigenvalue weighted by Gasteiger charge is 2.26. The Labute approximate surface area is 165 Å². The molecule has 0 aliphatic carbocycles. The second kappa shape index (κ2) is 8.74. The first-order valence-corrected chi connectivity index (χ1v) is 10.7. The molecule has 0 amide bonds.